The highest BCUT2D eigenvalue weighted by atomic mass is 35.5. The van der Waals surface area contributed by atoms with Gasteiger partial charge in [0.25, 0.3) is 0 Å². The molecule has 5 nitrogen and oxygen atoms in total. The minimum atomic E-state index is 0.0233. The summed E-state index contributed by atoms with van der Waals surface area (Å²) < 4.78 is 1.86. The highest BCUT2D eigenvalue weighted by Crippen LogP contribution is 2.20. The van der Waals surface area contributed by atoms with Crippen LogP contribution in [0, 0.1) is 13.8 Å². The summed E-state index contributed by atoms with van der Waals surface area (Å²) in [5.74, 6) is 0.0233. The smallest absolute Gasteiger partial charge is 0.224 e. The Kier molecular flexibility index (Phi) is 6.82. The molecule has 0 aliphatic carbocycles. The molecule has 0 aliphatic rings. The van der Waals surface area contributed by atoms with Crippen molar-refractivity contribution in [1.82, 2.24) is 20.4 Å². The summed E-state index contributed by atoms with van der Waals surface area (Å²) in [5.41, 5.74) is 3.77. The standard InChI is InChI=1S/C18H25ClN4O/c1-4-9-20-10-11-21-18(24)12-17-13(2)22-23(14(17)3)16-7-5-15(19)6-8-16/h5-8,20H,4,9-12H2,1-3H3,(H,21,24). The maximum absolute atomic E-state index is 12.1. The third kappa shape index (κ3) is 4.82. The second-order valence-corrected chi connectivity index (χ2v) is 6.25. The molecule has 1 amide bonds. The molecule has 0 bridgehead atoms. The number of hydrogen-bond donors (Lipinski definition) is 2. The van der Waals surface area contributed by atoms with Crippen molar-refractivity contribution >= 4 is 17.5 Å². The van der Waals surface area contributed by atoms with Gasteiger partial charge >= 0.3 is 0 Å². The Labute approximate surface area is 148 Å². The van der Waals surface area contributed by atoms with E-state index in [2.05, 4.69) is 22.7 Å². The van der Waals surface area contributed by atoms with Gasteiger partial charge < -0.3 is 10.6 Å². The molecule has 6 heteroatoms. The fourth-order valence-corrected chi connectivity index (χ4v) is 2.71. The SMILES string of the molecule is CCCNCCNC(=O)Cc1c(C)nn(-c2ccc(Cl)cc2)c1C. The minimum Gasteiger partial charge on any atom is -0.355 e. The Balaban J connectivity index is 2.01. The molecule has 1 aromatic heterocycles. The number of nitrogens with zero attached hydrogens (tertiary/aromatic N) is 2. The summed E-state index contributed by atoms with van der Waals surface area (Å²) in [7, 11) is 0. The number of hydrogen-bond acceptors (Lipinski definition) is 3. The molecule has 0 unspecified atom stereocenters. The van der Waals surface area contributed by atoms with Crippen LogP contribution in [0.1, 0.15) is 30.3 Å². The molecule has 1 aromatic carbocycles. The van der Waals surface area contributed by atoms with E-state index in [9.17, 15) is 4.79 Å². The molecule has 0 fully saturated rings. The summed E-state index contributed by atoms with van der Waals surface area (Å²) in [5, 5.41) is 11.5. The number of halogens is 1. The fraction of sp³-hybridized carbons (Fsp3) is 0.444. The van der Waals surface area contributed by atoms with Crippen LogP contribution in [0.15, 0.2) is 24.3 Å². The molecular weight excluding hydrogens is 324 g/mol. The van der Waals surface area contributed by atoms with Gasteiger partial charge in [0.15, 0.2) is 0 Å². The number of nitrogens with one attached hydrogen (secondary N) is 2. The number of aromatic nitrogens is 2. The molecule has 130 valence electrons. The van der Waals surface area contributed by atoms with Gasteiger partial charge in [-0.2, -0.15) is 5.10 Å². The van der Waals surface area contributed by atoms with E-state index in [0.717, 1.165) is 42.1 Å². The van der Waals surface area contributed by atoms with Crippen LogP contribution < -0.4 is 10.6 Å². The van der Waals surface area contributed by atoms with Crippen molar-refractivity contribution in [2.75, 3.05) is 19.6 Å². The van der Waals surface area contributed by atoms with Gasteiger partial charge in [-0.3, -0.25) is 4.79 Å². The highest BCUT2D eigenvalue weighted by Gasteiger charge is 2.15. The van der Waals surface area contributed by atoms with E-state index < -0.39 is 0 Å². The summed E-state index contributed by atoms with van der Waals surface area (Å²) in [6, 6.07) is 7.52. The van der Waals surface area contributed by atoms with Gasteiger partial charge in [-0.25, -0.2) is 4.68 Å². The second kappa shape index (κ2) is 8.85. The molecule has 0 saturated carbocycles. The lowest BCUT2D eigenvalue weighted by molar-refractivity contribution is -0.120. The Morgan fingerprint density at radius 3 is 2.54 bits per heavy atom. The molecule has 0 spiro atoms. The quantitative estimate of drug-likeness (QED) is 0.721. The predicted octanol–water partition coefficient (Wildman–Crippen LogP) is 2.80. The lowest BCUT2D eigenvalue weighted by Crippen LogP contribution is -2.33. The van der Waals surface area contributed by atoms with E-state index >= 15 is 0 Å². The van der Waals surface area contributed by atoms with Crippen LogP contribution in [0.4, 0.5) is 0 Å². The van der Waals surface area contributed by atoms with Crippen molar-refractivity contribution in [1.29, 1.82) is 0 Å². The van der Waals surface area contributed by atoms with Crippen LogP contribution in [0.2, 0.25) is 5.02 Å². The maximum Gasteiger partial charge on any atom is 0.224 e. The molecule has 0 radical (unpaired) electrons. The third-order valence-corrected chi connectivity index (χ3v) is 4.15. The molecular formula is C18H25ClN4O. The lowest BCUT2D eigenvalue weighted by Gasteiger charge is -2.07. The first-order chi connectivity index (χ1) is 11.5. The van der Waals surface area contributed by atoms with Crippen LogP contribution >= 0.6 is 11.6 Å². The zero-order valence-corrected chi connectivity index (χ0v) is 15.3. The fourth-order valence-electron chi connectivity index (χ4n) is 2.58. The Morgan fingerprint density at radius 1 is 1.17 bits per heavy atom. The molecule has 0 atom stereocenters. The molecule has 2 rings (SSSR count). The average molecular weight is 349 g/mol. The van der Waals surface area contributed by atoms with Gasteiger partial charge in [0.1, 0.15) is 0 Å². The van der Waals surface area contributed by atoms with E-state index in [4.69, 9.17) is 11.6 Å². The number of carbonyl (C=O) groups excluding carboxylic acids is 1. The topological polar surface area (TPSA) is 58.9 Å². The van der Waals surface area contributed by atoms with Crippen molar-refractivity contribution in [2.45, 2.75) is 33.6 Å². The van der Waals surface area contributed by atoms with Crippen LogP contribution in [0.3, 0.4) is 0 Å². The second-order valence-electron chi connectivity index (χ2n) is 5.81. The molecule has 2 N–H and O–H groups in total. The van der Waals surface area contributed by atoms with Gasteiger partial charge in [0, 0.05) is 29.4 Å². The van der Waals surface area contributed by atoms with E-state index in [0.29, 0.717) is 18.0 Å². The molecule has 1 heterocycles. The monoisotopic (exact) mass is 348 g/mol. The Morgan fingerprint density at radius 2 is 1.88 bits per heavy atom. The van der Waals surface area contributed by atoms with Crippen molar-refractivity contribution in [3.05, 3.63) is 46.2 Å². The van der Waals surface area contributed by atoms with Crippen molar-refractivity contribution < 1.29 is 4.79 Å². The van der Waals surface area contributed by atoms with E-state index in [-0.39, 0.29) is 5.91 Å². The molecule has 2 aromatic rings. The Bertz CT molecular complexity index is 679. The summed E-state index contributed by atoms with van der Waals surface area (Å²) >= 11 is 5.94. The number of rotatable bonds is 8. The van der Waals surface area contributed by atoms with Crippen molar-refractivity contribution in [3.8, 4) is 5.69 Å². The highest BCUT2D eigenvalue weighted by molar-refractivity contribution is 6.30. The van der Waals surface area contributed by atoms with Crippen LogP contribution in [0.25, 0.3) is 5.69 Å². The molecule has 0 aliphatic heterocycles. The first-order valence-corrected chi connectivity index (χ1v) is 8.69. The zero-order valence-electron chi connectivity index (χ0n) is 14.5. The van der Waals surface area contributed by atoms with Crippen molar-refractivity contribution in [3.63, 3.8) is 0 Å². The summed E-state index contributed by atoms with van der Waals surface area (Å²) in [4.78, 5) is 12.1. The predicted molar refractivity (Wildman–Crippen MR) is 97.9 cm³/mol. The minimum absolute atomic E-state index is 0.0233. The first-order valence-electron chi connectivity index (χ1n) is 8.31. The number of carbonyl (C=O) groups is 1. The van der Waals surface area contributed by atoms with Crippen LogP contribution in [-0.4, -0.2) is 35.3 Å². The summed E-state index contributed by atoms with van der Waals surface area (Å²) in [6.45, 7) is 8.45. The Hall–Kier alpha value is -1.85. The first kappa shape index (κ1) is 18.5. The van der Waals surface area contributed by atoms with E-state index in [1.54, 1.807) is 0 Å². The van der Waals surface area contributed by atoms with Crippen LogP contribution in [0.5, 0.6) is 0 Å². The number of benzene rings is 1. The van der Waals surface area contributed by atoms with E-state index in [1.165, 1.54) is 0 Å². The van der Waals surface area contributed by atoms with Gasteiger partial charge in [-0.15, -0.1) is 0 Å². The zero-order chi connectivity index (χ0) is 17.5. The lowest BCUT2D eigenvalue weighted by atomic mass is 10.1. The van der Waals surface area contributed by atoms with E-state index in [1.807, 2.05) is 42.8 Å². The van der Waals surface area contributed by atoms with Crippen molar-refractivity contribution in [2.24, 2.45) is 0 Å². The number of aryl methyl sites for hydroxylation is 1. The van der Waals surface area contributed by atoms with Gasteiger partial charge in [0.2, 0.25) is 5.91 Å². The molecule has 0 saturated heterocycles. The maximum atomic E-state index is 12.1. The average Bonchev–Trinajstić information content (AvgIpc) is 2.83. The van der Waals surface area contributed by atoms with Gasteiger partial charge in [-0.1, -0.05) is 18.5 Å². The largest absolute Gasteiger partial charge is 0.355 e. The summed E-state index contributed by atoms with van der Waals surface area (Å²) in [6.07, 6.45) is 1.44. The number of amides is 1. The molecule has 24 heavy (non-hydrogen) atoms. The normalized spacial score (nSPS) is 10.8. The third-order valence-electron chi connectivity index (χ3n) is 3.90. The van der Waals surface area contributed by atoms with Crippen LogP contribution in [-0.2, 0) is 11.2 Å². The van der Waals surface area contributed by atoms with Gasteiger partial charge in [0.05, 0.1) is 17.8 Å². The van der Waals surface area contributed by atoms with Gasteiger partial charge in [-0.05, 0) is 51.1 Å².